The summed E-state index contributed by atoms with van der Waals surface area (Å²) in [5.74, 6) is 0.961. The molecule has 0 unspecified atom stereocenters. The second-order valence-electron chi connectivity index (χ2n) is 7.58. The Balaban J connectivity index is 1.55. The molecule has 0 spiro atoms. The molecule has 2 aromatic rings. The molecule has 148 valence electrons. The number of aromatic nitrogens is 1. The molecule has 0 saturated carbocycles. The van der Waals surface area contributed by atoms with Gasteiger partial charge in [0.1, 0.15) is 0 Å². The zero-order chi connectivity index (χ0) is 19.1. The number of hydrogen-bond donors (Lipinski definition) is 3. The lowest BCUT2D eigenvalue weighted by Gasteiger charge is -2.32. The molecule has 0 aliphatic carbocycles. The van der Waals surface area contributed by atoms with Crippen LogP contribution in [-0.2, 0) is 6.42 Å². The first kappa shape index (κ1) is 19.7. The Labute approximate surface area is 163 Å². The van der Waals surface area contributed by atoms with Crippen molar-refractivity contribution < 1.29 is 0 Å². The van der Waals surface area contributed by atoms with E-state index < -0.39 is 0 Å². The number of aliphatic imine (C=N–C) groups is 1. The van der Waals surface area contributed by atoms with E-state index in [1.165, 1.54) is 60.9 Å². The first-order chi connectivity index (χ1) is 13.2. The van der Waals surface area contributed by atoms with E-state index in [0.29, 0.717) is 6.04 Å². The third-order valence-corrected chi connectivity index (χ3v) is 5.47. The van der Waals surface area contributed by atoms with Gasteiger partial charge in [-0.05, 0) is 57.2 Å². The Hall–Kier alpha value is -2.01. The number of aryl methyl sites for hydroxylation is 1. The van der Waals surface area contributed by atoms with Crippen LogP contribution in [0, 0.1) is 6.92 Å². The van der Waals surface area contributed by atoms with Crippen LogP contribution in [0.4, 0.5) is 0 Å². The topological polar surface area (TPSA) is 55.5 Å². The van der Waals surface area contributed by atoms with Crippen LogP contribution in [-0.4, -0.2) is 54.6 Å². The molecule has 0 bridgehead atoms. The van der Waals surface area contributed by atoms with Gasteiger partial charge in [0.25, 0.3) is 0 Å². The second-order valence-corrected chi connectivity index (χ2v) is 7.58. The van der Waals surface area contributed by atoms with Gasteiger partial charge >= 0.3 is 0 Å². The molecule has 27 heavy (non-hydrogen) atoms. The highest BCUT2D eigenvalue weighted by atomic mass is 15.2. The smallest absolute Gasteiger partial charge is 0.191 e. The number of guanidine groups is 1. The summed E-state index contributed by atoms with van der Waals surface area (Å²) >= 11 is 0. The Kier molecular flexibility index (Phi) is 7.16. The maximum absolute atomic E-state index is 4.83. The number of likely N-dealkylation sites (tertiary alicyclic amines) is 1. The summed E-state index contributed by atoms with van der Waals surface area (Å²) in [5.41, 5.74) is 3.90. The van der Waals surface area contributed by atoms with Crippen LogP contribution in [0.15, 0.2) is 29.4 Å². The standard InChI is InChI=1S/C22H35N5/c1-4-13-27-14-10-19(11-15-27)26-22(23-5-2)24-12-9-18-16-25-21-17(3)7-6-8-20(18)21/h6-8,16,19,25H,4-5,9-15H2,1-3H3,(H2,23,24,26). The number of aromatic amines is 1. The van der Waals surface area contributed by atoms with Crippen molar-refractivity contribution in [1.29, 1.82) is 0 Å². The van der Waals surface area contributed by atoms with Crippen molar-refractivity contribution in [3.05, 3.63) is 35.5 Å². The molecular formula is C22H35N5. The SMILES string of the molecule is CCCN1CCC(NC(=NCCc2c[nH]c3c(C)cccc23)NCC)CC1. The highest BCUT2D eigenvalue weighted by Gasteiger charge is 2.19. The van der Waals surface area contributed by atoms with E-state index in [0.717, 1.165) is 25.5 Å². The first-order valence-corrected chi connectivity index (χ1v) is 10.5. The summed E-state index contributed by atoms with van der Waals surface area (Å²) in [4.78, 5) is 10.8. The Morgan fingerprint density at radius 1 is 1.26 bits per heavy atom. The van der Waals surface area contributed by atoms with Crippen molar-refractivity contribution in [3.63, 3.8) is 0 Å². The number of nitrogens with one attached hydrogen (secondary N) is 3. The number of para-hydroxylation sites is 1. The maximum Gasteiger partial charge on any atom is 0.191 e. The predicted octanol–water partition coefficient (Wildman–Crippen LogP) is 3.45. The molecule has 1 aliphatic rings. The highest BCUT2D eigenvalue weighted by molar-refractivity contribution is 5.86. The Morgan fingerprint density at radius 3 is 2.81 bits per heavy atom. The van der Waals surface area contributed by atoms with E-state index in [1.807, 2.05) is 0 Å². The van der Waals surface area contributed by atoms with Gasteiger partial charge in [0, 0.05) is 49.3 Å². The van der Waals surface area contributed by atoms with Gasteiger partial charge in [0.2, 0.25) is 0 Å². The van der Waals surface area contributed by atoms with Crippen molar-refractivity contribution in [2.24, 2.45) is 4.99 Å². The Bertz CT molecular complexity index is 740. The summed E-state index contributed by atoms with van der Waals surface area (Å²) < 4.78 is 0. The van der Waals surface area contributed by atoms with E-state index in [9.17, 15) is 0 Å². The summed E-state index contributed by atoms with van der Waals surface area (Å²) in [5, 5.41) is 8.39. The minimum atomic E-state index is 0.534. The second kappa shape index (κ2) is 9.79. The summed E-state index contributed by atoms with van der Waals surface area (Å²) in [6.45, 7) is 11.8. The van der Waals surface area contributed by atoms with E-state index in [1.54, 1.807) is 0 Å². The van der Waals surface area contributed by atoms with Gasteiger partial charge < -0.3 is 20.5 Å². The lowest BCUT2D eigenvalue weighted by Crippen LogP contribution is -2.48. The number of nitrogens with zero attached hydrogens (tertiary/aromatic N) is 2. The molecule has 1 aromatic carbocycles. The fourth-order valence-electron chi connectivity index (χ4n) is 3.99. The number of hydrogen-bond acceptors (Lipinski definition) is 2. The molecular weight excluding hydrogens is 334 g/mol. The molecule has 1 aliphatic heterocycles. The lowest BCUT2D eigenvalue weighted by atomic mass is 10.1. The summed E-state index contributed by atoms with van der Waals surface area (Å²) in [6.07, 6.45) is 6.74. The molecule has 5 nitrogen and oxygen atoms in total. The number of fused-ring (bicyclic) bond motifs is 1. The third-order valence-electron chi connectivity index (χ3n) is 5.47. The van der Waals surface area contributed by atoms with Gasteiger partial charge in [-0.1, -0.05) is 25.1 Å². The van der Waals surface area contributed by atoms with Gasteiger partial charge in [-0.25, -0.2) is 0 Å². The van der Waals surface area contributed by atoms with Gasteiger partial charge in [-0.15, -0.1) is 0 Å². The fraction of sp³-hybridized carbons (Fsp3) is 0.591. The normalized spacial score (nSPS) is 16.8. The van der Waals surface area contributed by atoms with E-state index in [2.05, 4.69) is 65.7 Å². The molecule has 0 amide bonds. The van der Waals surface area contributed by atoms with Crippen LogP contribution in [0.5, 0.6) is 0 Å². The average molecular weight is 370 g/mol. The fourth-order valence-corrected chi connectivity index (χ4v) is 3.99. The van der Waals surface area contributed by atoms with E-state index in [-0.39, 0.29) is 0 Å². The van der Waals surface area contributed by atoms with Crippen molar-refractivity contribution in [2.75, 3.05) is 32.7 Å². The monoisotopic (exact) mass is 369 g/mol. The number of H-pyrrole nitrogens is 1. The van der Waals surface area contributed by atoms with Crippen molar-refractivity contribution in [1.82, 2.24) is 20.5 Å². The molecule has 5 heteroatoms. The molecule has 3 N–H and O–H groups in total. The molecule has 1 saturated heterocycles. The average Bonchev–Trinajstić information content (AvgIpc) is 3.08. The van der Waals surface area contributed by atoms with Crippen LogP contribution in [0.1, 0.15) is 44.2 Å². The molecule has 2 heterocycles. The lowest BCUT2D eigenvalue weighted by molar-refractivity contribution is 0.206. The van der Waals surface area contributed by atoms with E-state index in [4.69, 9.17) is 4.99 Å². The molecule has 0 radical (unpaired) electrons. The third kappa shape index (κ3) is 5.25. The number of rotatable bonds is 7. The quantitative estimate of drug-likeness (QED) is 0.518. The zero-order valence-corrected chi connectivity index (χ0v) is 17.1. The molecule has 1 aromatic heterocycles. The highest BCUT2D eigenvalue weighted by Crippen LogP contribution is 2.21. The van der Waals surface area contributed by atoms with Crippen molar-refractivity contribution in [2.45, 2.75) is 52.5 Å². The Morgan fingerprint density at radius 2 is 2.07 bits per heavy atom. The van der Waals surface area contributed by atoms with Gasteiger partial charge in [-0.3, -0.25) is 4.99 Å². The zero-order valence-electron chi connectivity index (χ0n) is 17.1. The minimum absolute atomic E-state index is 0.534. The van der Waals surface area contributed by atoms with Crippen molar-refractivity contribution >= 4 is 16.9 Å². The van der Waals surface area contributed by atoms with Gasteiger partial charge in [-0.2, -0.15) is 0 Å². The van der Waals surface area contributed by atoms with Crippen LogP contribution in [0.3, 0.4) is 0 Å². The predicted molar refractivity (Wildman–Crippen MR) is 116 cm³/mol. The maximum atomic E-state index is 4.83. The van der Waals surface area contributed by atoms with Gasteiger partial charge in [0.15, 0.2) is 5.96 Å². The van der Waals surface area contributed by atoms with E-state index >= 15 is 0 Å². The largest absolute Gasteiger partial charge is 0.361 e. The van der Waals surface area contributed by atoms with Crippen LogP contribution in [0.25, 0.3) is 10.9 Å². The molecule has 1 fully saturated rings. The van der Waals surface area contributed by atoms with Crippen LogP contribution in [0.2, 0.25) is 0 Å². The molecule has 0 atom stereocenters. The summed E-state index contributed by atoms with van der Waals surface area (Å²) in [7, 11) is 0. The molecule has 3 rings (SSSR count). The first-order valence-electron chi connectivity index (χ1n) is 10.5. The summed E-state index contributed by atoms with van der Waals surface area (Å²) in [6, 6.07) is 7.02. The number of benzene rings is 1. The minimum Gasteiger partial charge on any atom is -0.361 e. The van der Waals surface area contributed by atoms with Gasteiger partial charge in [0.05, 0.1) is 0 Å². The van der Waals surface area contributed by atoms with Crippen LogP contribution < -0.4 is 10.6 Å². The number of piperidine rings is 1. The van der Waals surface area contributed by atoms with Crippen LogP contribution >= 0.6 is 0 Å². The van der Waals surface area contributed by atoms with Crippen molar-refractivity contribution in [3.8, 4) is 0 Å².